The fourth-order valence-corrected chi connectivity index (χ4v) is 6.82. The second-order valence-corrected chi connectivity index (χ2v) is 16.1. The maximum atomic E-state index is 12.7. The van der Waals surface area contributed by atoms with Crippen molar-refractivity contribution in [2.24, 2.45) is 17.8 Å². The van der Waals surface area contributed by atoms with Gasteiger partial charge in [-0.2, -0.15) is 0 Å². The summed E-state index contributed by atoms with van der Waals surface area (Å²) in [6.45, 7) is 18.2. The Morgan fingerprint density at radius 3 is 2.02 bits per heavy atom. The molecule has 0 saturated heterocycles. The van der Waals surface area contributed by atoms with Crippen LogP contribution in [0.1, 0.15) is 121 Å². The first-order valence-electron chi connectivity index (χ1n) is 16.2. The van der Waals surface area contributed by atoms with Crippen LogP contribution < -0.4 is 14.2 Å². The number of quaternary nitrogens is 1. The van der Waals surface area contributed by atoms with Gasteiger partial charge in [-0.05, 0) is 87.8 Å². The molecule has 1 heterocycles. The van der Waals surface area contributed by atoms with Crippen molar-refractivity contribution in [2.45, 2.75) is 132 Å². The number of hydrogen-bond acceptors (Lipinski definition) is 5. The van der Waals surface area contributed by atoms with Crippen LogP contribution in [0.5, 0.6) is 11.5 Å². The van der Waals surface area contributed by atoms with Crippen molar-refractivity contribution in [2.75, 3.05) is 34.3 Å². The lowest BCUT2D eigenvalue weighted by Gasteiger charge is -2.39. The molecule has 4 atom stereocenters. The van der Waals surface area contributed by atoms with E-state index in [1.165, 1.54) is 51.4 Å². The van der Waals surface area contributed by atoms with Gasteiger partial charge in [0.25, 0.3) is 0 Å². The molecule has 0 fully saturated rings. The van der Waals surface area contributed by atoms with E-state index >= 15 is 0 Å². The van der Waals surface area contributed by atoms with Gasteiger partial charge in [-0.3, -0.25) is 4.57 Å². The minimum absolute atomic E-state index is 0.0872. The minimum Gasteiger partial charge on any atom is -0.746 e. The van der Waals surface area contributed by atoms with Crippen LogP contribution in [0.25, 0.3) is 0 Å². The van der Waals surface area contributed by atoms with Gasteiger partial charge in [0.05, 0.1) is 21.1 Å². The van der Waals surface area contributed by atoms with Gasteiger partial charge in [-0.25, -0.2) is 0 Å². The largest absolute Gasteiger partial charge is 0.746 e. The van der Waals surface area contributed by atoms with Crippen LogP contribution in [-0.2, 0) is 15.5 Å². The lowest BCUT2D eigenvalue weighted by Crippen LogP contribution is -2.37. The second-order valence-electron chi connectivity index (χ2n) is 14.8. The zero-order chi connectivity index (χ0) is 31.0. The first-order valence-corrected chi connectivity index (χ1v) is 17.7. The molecule has 1 aromatic carbocycles. The molecule has 238 valence electrons. The monoisotopic (exact) mass is 595 g/mol. The molecule has 7 heteroatoms. The Labute approximate surface area is 252 Å². The molecular weight excluding hydrogens is 533 g/mol. The van der Waals surface area contributed by atoms with Gasteiger partial charge in [-0.15, -0.1) is 0 Å². The molecule has 2 rings (SSSR count). The van der Waals surface area contributed by atoms with Gasteiger partial charge in [-0.1, -0.05) is 72.6 Å². The predicted octanol–water partition coefficient (Wildman–Crippen LogP) is 8.70. The molecule has 0 radical (unpaired) electrons. The summed E-state index contributed by atoms with van der Waals surface area (Å²) in [5.74, 6) is 3.71. The summed E-state index contributed by atoms with van der Waals surface area (Å²) in [6.07, 6.45) is 13.3. The molecule has 1 aromatic rings. The number of likely N-dealkylation sites (N-methyl/N-ethyl adjacent to an activating group) is 1. The second kappa shape index (κ2) is 15.6. The summed E-state index contributed by atoms with van der Waals surface area (Å²) >= 11 is 0. The van der Waals surface area contributed by atoms with Gasteiger partial charge in [0, 0.05) is 5.56 Å². The number of benzene rings is 1. The topological polar surface area (TPSA) is 67.8 Å². The van der Waals surface area contributed by atoms with Crippen LogP contribution >= 0.6 is 7.82 Å². The highest BCUT2D eigenvalue weighted by molar-refractivity contribution is 7.46. The van der Waals surface area contributed by atoms with Crippen LogP contribution in [0.15, 0.2) is 0 Å². The number of rotatable bonds is 18. The molecule has 0 amide bonds. The molecule has 41 heavy (non-hydrogen) atoms. The number of ether oxygens (including phenoxy) is 1. The Morgan fingerprint density at radius 1 is 0.902 bits per heavy atom. The van der Waals surface area contributed by atoms with Crippen LogP contribution in [0.4, 0.5) is 0 Å². The van der Waals surface area contributed by atoms with Gasteiger partial charge < -0.3 is 23.2 Å². The number of fused-ring (bicyclic) bond motifs is 1. The van der Waals surface area contributed by atoms with Crippen molar-refractivity contribution in [3.8, 4) is 11.5 Å². The highest BCUT2D eigenvalue weighted by Crippen LogP contribution is 2.49. The fourth-order valence-electron chi connectivity index (χ4n) is 5.96. The van der Waals surface area contributed by atoms with Gasteiger partial charge in [0.15, 0.2) is 0 Å². The maximum Gasteiger partial charge on any atom is 0.319 e. The summed E-state index contributed by atoms with van der Waals surface area (Å²) in [7, 11) is 1.50. The molecule has 4 unspecified atom stereocenters. The molecule has 6 nitrogen and oxygen atoms in total. The Hall–Kier alpha value is -1.07. The zero-order valence-electron chi connectivity index (χ0n) is 28.4. The van der Waals surface area contributed by atoms with E-state index in [-0.39, 0.29) is 12.2 Å². The molecular formula is C34H62NO5P. The van der Waals surface area contributed by atoms with Crippen LogP contribution in [-0.4, -0.2) is 44.4 Å². The molecule has 0 aromatic heterocycles. The Balaban J connectivity index is 1.91. The van der Waals surface area contributed by atoms with E-state index in [1.54, 1.807) is 0 Å². The van der Waals surface area contributed by atoms with Crippen molar-refractivity contribution in [3.63, 3.8) is 0 Å². The number of hydrogen-bond donors (Lipinski definition) is 0. The molecule has 0 aliphatic carbocycles. The van der Waals surface area contributed by atoms with Gasteiger partial charge in [0.1, 0.15) is 30.3 Å². The highest BCUT2D eigenvalue weighted by Gasteiger charge is 2.35. The van der Waals surface area contributed by atoms with E-state index in [4.69, 9.17) is 13.8 Å². The predicted molar refractivity (Wildman–Crippen MR) is 170 cm³/mol. The third kappa shape index (κ3) is 12.2. The summed E-state index contributed by atoms with van der Waals surface area (Å²) in [5, 5.41) is 0. The molecule has 0 spiro atoms. The minimum atomic E-state index is -4.48. The molecule has 0 N–H and O–H groups in total. The van der Waals surface area contributed by atoms with Crippen molar-refractivity contribution < 1.29 is 27.7 Å². The fraction of sp³-hybridized carbons (Fsp3) is 0.824. The summed E-state index contributed by atoms with van der Waals surface area (Å²) in [4.78, 5) is 12.7. The normalized spacial score (nSPS) is 20.3. The first kappa shape index (κ1) is 36.1. The van der Waals surface area contributed by atoms with Gasteiger partial charge >= 0.3 is 7.82 Å². The number of phosphoric ester groups is 1. The molecule has 0 bridgehead atoms. The van der Waals surface area contributed by atoms with Crippen molar-refractivity contribution in [1.82, 2.24) is 0 Å². The van der Waals surface area contributed by atoms with E-state index in [9.17, 15) is 9.46 Å². The highest BCUT2D eigenvalue weighted by atomic mass is 31.2. The van der Waals surface area contributed by atoms with E-state index in [2.05, 4.69) is 34.6 Å². The number of nitrogens with zero attached hydrogens (tertiary/aromatic N) is 1. The summed E-state index contributed by atoms with van der Waals surface area (Å²) < 4.78 is 30.7. The smallest absolute Gasteiger partial charge is 0.319 e. The number of phosphoric acid groups is 1. The molecule has 1 aliphatic heterocycles. The van der Waals surface area contributed by atoms with E-state index in [0.29, 0.717) is 16.8 Å². The van der Waals surface area contributed by atoms with Crippen LogP contribution in [0, 0.1) is 38.5 Å². The SMILES string of the molecule is Cc1c(C)c2c(c(C)c1OP(=O)([O-])OCC[N+](C)(C)C)CCC(C)(CCCC(C)CCCC(C)CCCC(C)C)O2. The molecule has 0 saturated carbocycles. The Kier molecular flexibility index (Phi) is 13.7. The standard InChI is InChI=1S/C34H62NO5P/c1-25(2)15-12-16-26(3)17-13-18-27(4)19-14-21-34(8)22-20-31-30(7)32(28(5)29(6)33(31)39-34)40-41(36,37)38-24-23-35(9,10)11/h25-27H,12-24H2,1-11H3. The van der Waals surface area contributed by atoms with Gasteiger partial charge in [0.2, 0.25) is 0 Å². The van der Waals surface area contributed by atoms with Crippen LogP contribution in [0.2, 0.25) is 0 Å². The average Bonchev–Trinajstić information content (AvgIpc) is 2.84. The summed E-state index contributed by atoms with van der Waals surface area (Å²) in [5.41, 5.74) is 3.44. The lowest BCUT2D eigenvalue weighted by molar-refractivity contribution is -0.870. The molecule has 1 aliphatic rings. The van der Waals surface area contributed by atoms with Crippen molar-refractivity contribution in [3.05, 3.63) is 22.3 Å². The van der Waals surface area contributed by atoms with Crippen molar-refractivity contribution in [1.29, 1.82) is 0 Å². The summed E-state index contributed by atoms with van der Waals surface area (Å²) in [6, 6.07) is 0. The van der Waals surface area contributed by atoms with E-state index in [0.717, 1.165) is 65.0 Å². The Bertz CT molecular complexity index is 1020. The first-order chi connectivity index (χ1) is 18.9. The third-order valence-electron chi connectivity index (χ3n) is 9.05. The maximum absolute atomic E-state index is 12.7. The van der Waals surface area contributed by atoms with E-state index < -0.39 is 7.82 Å². The van der Waals surface area contributed by atoms with Crippen LogP contribution in [0.3, 0.4) is 0 Å². The quantitative estimate of drug-likeness (QED) is 0.125. The lowest BCUT2D eigenvalue weighted by atomic mass is 9.84. The average molecular weight is 596 g/mol. The third-order valence-corrected chi connectivity index (χ3v) is 9.96. The van der Waals surface area contributed by atoms with Crippen molar-refractivity contribution >= 4 is 7.82 Å². The Morgan fingerprint density at radius 2 is 1.46 bits per heavy atom. The van der Waals surface area contributed by atoms with E-state index in [1.807, 2.05) is 41.9 Å². The zero-order valence-corrected chi connectivity index (χ0v) is 29.3.